The lowest BCUT2D eigenvalue weighted by Gasteiger charge is -2.13. The minimum atomic E-state index is -1.48. The van der Waals surface area contributed by atoms with Gasteiger partial charge in [0.05, 0.1) is 0 Å². The number of rotatable bonds is 4. The zero-order chi connectivity index (χ0) is 14.0. The van der Waals surface area contributed by atoms with Crippen LogP contribution in [-0.4, -0.2) is 9.55 Å². The quantitative estimate of drug-likeness (QED) is 0.866. The van der Waals surface area contributed by atoms with Crippen LogP contribution in [0.15, 0.2) is 24.5 Å². The van der Waals surface area contributed by atoms with E-state index in [1.807, 2.05) is 11.6 Å². The zero-order valence-electron chi connectivity index (χ0n) is 10.4. The van der Waals surface area contributed by atoms with Crippen LogP contribution in [0, 0.1) is 17.5 Å². The first-order valence-corrected chi connectivity index (χ1v) is 5.86. The first kappa shape index (κ1) is 13.6. The molecule has 1 unspecified atom stereocenters. The van der Waals surface area contributed by atoms with Gasteiger partial charge < -0.3 is 10.3 Å². The van der Waals surface area contributed by atoms with Crippen molar-refractivity contribution in [2.75, 3.05) is 0 Å². The predicted octanol–water partition coefficient (Wildman–Crippen LogP) is 2.47. The van der Waals surface area contributed by atoms with E-state index in [0.717, 1.165) is 11.9 Å². The van der Waals surface area contributed by atoms with Gasteiger partial charge in [-0.25, -0.2) is 18.2 Å². The van der Waals surface area contributed by atoms with Crippen LogP contribution in [0.3, 0.4) is 0 Å². The highest BCUT2D eigenvalue weighted by atomic mass is 19.2. The van der Waals surface area contributed by atoms with Crippen LogP contribution in [-0.2, 0) is 13.5 Å². The van der Waals surface area contributed by atoms with Crippen molar-refractivity contribution in [3.05, 3.63) is 53.4 Å². The number of imidazole rings is 1. The van der Waals surface area contributed by atoms with Gasteiger partial charge in [0.2, 0.25) is 0 Å². The molecule has 6 heteroatoms. The lowest BCUT2D eigenvalue weighted by molar-refractivity contribution is 0.432. The molecular formula is C13H14F3N3. The molecule has 0 aliphatic carbocycles. The number of hydrogen-bond donors (Lipinski definition) is 1. The summed E-state index contributed by atoms with van der Waals surface area (Å²) in [7, 11) is 1.84. The van der Waals surface area contributed by atoms with Crippen molar-refractivity contribution in [1.82, 2.24) is 9.55 Å². The highest BCUT2D eigenvalue weighted by Crippen LogP contribution is 2.22. The number of nitrogens with two attached hydrogens (primary N) is 1. The molecule has 102 valence electrons. The molecule has 0 fully saturated rings. The average molecular weight is 269 g/mol. The Bertz CT molecular complexity index is 581. The Morgan fingerprint density at radius 3 is 2.63 bits per heavy atom. The monoisotopic (exact) mass is 269 g/mol. The molecule has 1 atom stereocenters. The Morgan fingerprint density at radius 2 is 2.00 bits per heavy atom. The molecule has 1 aromatic carbocycles. The second kappa shape index (κ2) is 5.44. The predicted molar refractivity (Wildman–Crippen MR) is 64.8 cm³/mol. The van der Waals surface area contributed by atoms with Crippen molar-refractivity contribution in [2.45, 2.75) is 18.9 Å². The van der Waals surface area contributed by atoms with E-state index >= 15 is 0 Å². The molecule has 2 aromatic rings. The lowest BCUT2D eigenvalue weighted by atomic mass is 10.0. The molecule has 2 N–H and O–H groups in total. The molecule has 2 rings (SSSR count). The van der Waals surface area contributed by atoms with Crippen LogP contribution >= 0.6 is 0 Å². The molecule has 0 bridgehead atoms. The summed E-state index contributed by atoms with van der Waals surface area (Å²) in [5.74, 6) is -3.10. The van der Waals surface area contributed by atoms with Crippen molar-refractivity contribution < 1.29 is 13.2 Å². The van der Waals surface area contributed by atoms with Crippen molar-refractivity contribution >= 4 is 0 Å². The van der Waals surface area contributed by atoms with Crippen LogP contribution in [0.4, 0.5) is 13.2 Å². The molecule has 19 heavy (non-hydrogen) atoms. The molecule has 0 spiro atoms. The summed E-state index contributed by atoms with van der Waals surface area (Å²) in [6.07, 6.45) is 4.37. The summed E-state index contributed by atoms with van der Waals surface area (Å²) in [6, 6.07) is 1.36. The third kappa shape index (κ3) is 2.78. The van der Waals surface area contributed by atoms with E-state index in [0.29, 0.717) is 12.8 Å². The van der Waals surface area contributed by atoms with Gasteiger partial charge in [-0.1, -0.05) is 6.07 Å². The summed E-state index contributed by atoms with van der Waals surface area (Å²) in [5, 5.41) is 0. The Balaban J connectivity index is 2.10. The zero-order valence-corrected chi connectivity index (χ0v) is 10.4. The van der Waals surface area contributed by atoms with Crippen LogP contribution < -0.4 is 5.73 Å². The first-order chi connectivity index (χ1) is 9.00. The number of aromatic nitrogens is 2. The van der Waals surface area contributed by atoms with Gasteiger partial charge >= 0.3 is 0 Å². The molecule has 0 saturated heterocycles. The lowest BCUT2D eigenvalue weighted by Crippen LogP contribution is -2.15. The topological polar surface area (TPSA) is 43.8 Å². The summed E-state index contributed by atoms with van der Waals surface area (Å²) >= 11 is 0. The van der Waals surface area contributed by atoms with E-state index in [-0.39, 0.29) is 5.56 Å². The highest BCUT2D eigenvalue weighted by molar-refractivity contribution is 5.23. The third-order valence-corrected chi connectivity index (χ3v) is 3.06. The molecule has 1 aromatic heterocycles. The Kier molecular flexibility index (Phi) is 3.90. The van der Waals surface area contributed by atoms with Crippen molar-refractivity contribution in [1.29, 1.82) is 0 Å². The SMILES string of the molecule is Cn1ccnc1CCC(N)c1ccc(F)c(F)c1F. The maximum atomic E-state index is 13.5. The summed E-state index contributed by atoms with van der Waals surface area (Å²) in [4.78, 5) is 4.12. The van der Waals surface area contributed by atoms with E-state index in [1.54, 1.807) is 12.4 Å². The fourth-order valence-electron chi connectivity index (χ4n) is 1.90. The van der Waals surface area contributed by atoms with E-state index in [9.17, 15) is 13.2 Å². The fraction of sp³-hybridized carbons (Fsp3) is 0.308. The summed E-state index contributed by atoms with van der Waals surface area (Å²) in [5.41, 5.74) is 5.80. The van der Waals surface area contributed by atoms with Gasteiger partial charge in [0.25, 0.3) is 0 Å². The molecular weight excluding hydrogens is 255 g/mol. The maximum absolute atomic E-state index is 13.5. The molecule has 0 aliphatic heterocycles. The van der Waals surface area contributed by atoms with Crippen molar-refractivity contribution in [3.63, 3.8) is 0 Å². The first-order valence-electron chi connectivity index (χ1n) is 5.86. The minimum absolute atomic E-state index is 0.0203. The highest BCUT2D eigenvalue weighted by Gasteiger charge is 2.18. The molecule has 3 nitrogen and oxygen atoms in total. The van der Waals surface area contributed by atoms with E-state index in [4.69, 9.17) is 5.73 Å². The van der Waals surface area contributed by atoms with Gasteiger partial charge in [0.15, 0.2) is 17.5 Å². The van der Waals surface area contributed by atoms with E-state index in [1.165, 1.54) is 6.07 Å². The molecule has 1 heterocycles. The van der Waals surface area contributed by atoms with Gasteiger partial charge in [0, 0.05) is 37.5 Å². The Hall–Kier alpha value is -1.82. The van der Waals surface area contributed by atoms with E-state index in [2.05, 4.69) is 4.98 Å². The Labute approximate surface area is 108 Å². The molecule has 0 amide bonds. The Morgan fingerprint density at radius 1 is 1.26 bits per heavy atom. The molecule has 0 saturated carbocycles. The fourth-order valence-corrected chi connectivity index (χ4v) is 1.90. The van der Waals surface area contributed by atoms with Gasteiger partial charge in [-0.05, 0) is 12.5 Å². The number of hydrogen-bond acceptors (Lipinski definition) is 2. The molecule has 0 radical (unpaired) electrons. The summed E-state index contributed by atoms with van der Waals surface area (Å²) < 4.78 is 41.3. The maximum Gasteiger partial charge on any atom is 0.194 e. The largest absolute Gasteiger partial charge is 0.338 e. The van der Waals surface area contributed by atoms with Gasteiger partial charge in [-0.2, -0.15) is 0 Å². The second-order valence-corrected chi connectivity index (χ2v) is 4.36. The number of benzene rings is 1. The second-order valence-electron chi connectivity index (χ2n) is 4.36. The van der Waals surface area contributed by atoms with Crippen LogP contribution in [0.1, 0.15) is 23.9 Å². The molecule has 0 aliphatic rings. The number of halogens is 3. The number of nitrogens with zero attached hydrogens (tertiary/aromatic N) is 2. The van der Waals surface area contributed by atoms with E-state index < -0.39 is 23.5 Å². The third-order valence-electron chi connectivity index (χ3n) is 3.06. The normalized spacial score (nSPS) is 12.7. The van der Waals surface area contributed by atoms with Crippen LogP contribution in [0.5, 0.6) is 0 Å². The minimum Gasteiger partial charge on any atom is -0.338 e. The van der Waals surface area contributed by atoms with Crippen molar-refractivity contribution in [2.24, 2.45) is 12.8 Å². The van der Waals surface area contributed by atoms with Crippen LogP contribution in [0.25, 0.3) is 0 Å². The standard InChI is InChI=1S/C13H14F3N3/c1-19-7-6-18-11(19)5-4-10(17)8-2-3-9(14)13(16)12(8)15/h2-3,6-7,10H,4-5,17H2,1H3. The number of aryl methyl sites for hydroxylation is 2. The summed E-state index contributed by atoms with van der Waals surface area (Å²) in [6.45, 7) is 0. The van der Waals surface area contributed by atoms with Crippen LogP contribution in [0.2, 0.25) is 0 Å². The van der Waals surface area contributed by atoms with Gasteiger partial charge in [-0.15, -0.1) is 0 Å². The van der Waals surface area contributed by atoms with Crippen molar-refractivity contribution in [3.8, 4) is 0 Å². The van der Waals surface area contributed by atoms with Gasteiger partial charge in [0.1, 0.15) is 5.82 Å². The smallest absolute Gasteiger partial charge is 0.194 e. The average Bonchev–Trinajstić information content (AvgIpc) is 2.79. The van der Waals surface area contributed by atoms with Gasteiger partial charge in [-0.3, -0.25) is 0 Å².